The molecule has 0 N–H and O–H groups in total. The summed E-state index contributed by atoms with van der Waals surface area (Å²) >= 11 is 0. The van der Waals surface area contributed by atoms with Gasteiger partial charge in [0.25, 0.3) is 10.0 Å². The molecule has 0 bridgehead atoms. The lowest BCUT2D eigenvalue weighted by molar-refractivity contribution is 0.117. The van der Waals surface area contributed by atoms with Crippen LogP contribution in [0.15, 0.2) is 11.2 Å². The minimum absolute atomic E-state index is 0.0108. The second kappa shape index (κ2) is 4.82. The Morgan fingerprint density at radius 3 is 2.75 bits per heavy atom. The monoisotopic (exact) mass is 298 g/mol. The molecule has 1 aromatic heterocycles. The molecule has 112 valence electrons. The molecule has 2 saturated heterocycles. The van der Waals surface area contributed by atoms with E-state index in [0.29, 0.717) is 12.6 Å². The van der Waals surface area contributed by atoms with Crippen LogP contribution in [0.1, 0.15) is 25.6 Å². The Hall–Kier alpha value is -0.920. The van der Waals surface area contributed by atoms with E-state index in [4.69, 9.17) is 0 Å². The van der Waals surface area contributed by atoms with E-state index < -0.39 is 10.0 Å². The van der Waals surface area contributed by atoms with Gasteiger partial charge in [0.05, 0.1) is 0 Å². The predicted octanol–water partition coefficient (Wildman–Crippen LogP) is 0.586. The first-order valence-corrected chi connectivity index (χ1v) is 8.59. The SMILES string of the molecule is Cc1nc(S(=O)(=O)N2C[C@@H]3CCCN3C[C@H]2C)cn1C. The molecule has 1 aromatic rings. The van der Waals surface area contributed by atoms with Gasteiger partial charge in [-0.1, -0.05) is 0 Å². The van der Waals surface area contributed by atoms with Crippen molar-refractivity contribution < 1.29 is 8.42 Å². The highest BCUT2D eigenvalue weighted by atomic mass is 32.2. The Morgan fingerprint density at radius 1 is 1.35 bits per heavy atom. The number of fused-ring (bicyclic) bond motifs is 1. The molecule has 2 fully saturated rings. The van der Waals surface area contributed by atoms with Gasteiger partial charge in [0.15, 0.2) is 5.03 Å². The van der Waals surface area contributed by atoms with Crippen molar-refractivity contribution >= 4 is 10.0 Å². The summed E-state index contributed by atoms with van der Waals surface area (Å²) in [6, 6.07) is 0.391. The number of aromatic nitrogens is 2. The normalized spacial score (nSPS) is 28.8. The minimum atomic E-state index is -3.48. The maximum absolute atomic E-state index is 12.8. The number of hydrogen-bond acceptors (Lipinski definition) is 4. The summed E-state index contributed by atoms with van der Waals surface area (Å²) in [5.74, 6) is 0.718. The van der Waals surface area contributed by atoms with Gasteiger partial charge in [-0.15, -0.1) is 0 Å². The minimum Gasteiger partial charge on any atom is -0.337 e. The van der Waals surface area contributed by atoms with Crippen LogP contribution in [0.25, 0.3) is 0 Å². The fraction of sp³-hybridized carbons (Fsp3) is 0.769. The predicted molar refractivity (Wildman–Crippen MR) is 75.9 cm³/mol. The second-order valence-electron chi connectivity index (χ2n) is 5.95. The van der Waals surface area contributed by atoms with Gasteiger partial charge in [0, 0.05) is 38.4 Å². The fourth-order valence-corrected chi connectivity index (χ4v) is 4.95. The summed E-state index contributed by atoms with van der Waals surface area (Å²) in [5, 5.41) is 0.177. The van der Waals surface area contributed by atoms with Gasteiger partial charge in [-0.2, -0.15) is 4.31 Å². The van der Waals surface area contributed by atoms with E-state index in [2.05, 4.69) is 9.88 Å². The lowest BCUT2D eigenvalue weighted by Gasteiger charge is -2.40. The fourth-order valence-electron chi connectivity index (χ4n) is 3.27. The van der Waals surface area contributed by atoms with Crippen LogP contribution in [0, 0.1) is 6.92 Å². The zero-order valence-electron chi connectivity index (χ0n) is 12.3. The average molecular weight is 298 g/mol. The number of aryl methyl sites for hydroxylation is 2. The molecular weight excluding hydrogens is 276 g/mol. The van der Waals surface area contributed by atoms with Gasteiger partial charge in [-0.25, -0.2) is 13.4 Å². The van der Waals surface area contributed by atoms with Gasteiger partial charge in [-0.05, 0) is 33.2 Å². The summed E-state index contributed by atoms with van der Waals surface area (Å²) in [5.41, 5.74) is 0. The Labute approximate surface area is 120 Å². The molecule has 0 saturated carbocycles. The highest BCUT2D eigenvalue weighted by Gasteiger charge is 2.41. The first-order chi connectivity index (χ1) is 9.39. The van der Waals surface area contributed by atoms with Crippen LogP contribution in [0.5, 0.6) is 0 Å². The van der Waals surface area contributed by atoms with Gasteiger partial charge in [0.2, 0.25) is 0 Å². The lowest BCUT2D eigenvalue weighted by Crippen LogP contribution is -2.56. The van der Waals surface area contributed by atoms with E-state index in [1.54, 1.807) is 15.1 Å². The lowest BCUT2D eigenvalue weighted by atomic mass is 10.1. The van der Waals surface area contributed by atoms with Gasteiger partial charge < -0.3 is 4.57 Å². The van der Waals surface area contributed by atoms with Crippen molar-refractivity contribution in [1.29, 1.82) is 0 Å². The van der Waals surface area contributed by atoms with Crippen LogP contribution in [0.4, 0.5) is 0 Å². The molecule has 6 nitrogen and oxygen atoms in total. The summed E-state index contributed by atoms with van der Waals surface area (Å²) in [7, 11) is -1.66. The van der Waals surface area contributed by atoms with Crippen molar-refractivity contribution in [3.05, 3.63) is 12.0 Å². The van der Waals surface area contributed by atoms with Crippen molar-refractivity contribution in [3.63, 3.8) is 0 Å². The van der Waals surface area contributed by atoms with E-state index in [-0.39, 0.29) is 11.1 Å². The number of piperazine rings is 1. The average Bonchev–Trinajstić information content (AvgIpc) is 2.95. The molecule has 7 heteroatoms. The van der Waals surface area contributed by atoms with Crippen molar-refractivity contribution in [2.75, 3.05) is 19.6 Å². The van der Waals surface area contributed by atoms with Crippen molar-refractivity contribution in [2.45, 2.75) is 43.8 Å². The first-order valence-electron chi connectivity index (χ1n) is 7.15. The topological polar surface area (TPSA) is 58.4 Å². The van der Waals surface area contributed by atoms with Crippen LogP contribution in [-0.2, 0) is 17.1 Å². The Balaban J connectivity index is 1.90. The third-order valence-electron chi connectivity index (χ3n) is 4.54. The summed E-state index contributed by atoms with van der Waals surface area (Å²) in [4.78, 5) is 6.61. The van der Waals surface area contributed by atoms with Crippen LogP contribution in [0.2, 0.25) is 0 Å². The van der Waals surface area contributed by atoms with Crippen molar-refractivity contribution in [1.82, 2.24) is 18.8 Å². The quantitative estimate of drug-likeness (QED) is 0.802. The van der Waals surface area contributed by atoms with Crippen molar-refractivity contribution in [2.24, 2.45) is 7.05 Å². The molecule has 0 unspecified atom stereocenters. The molecule has 3 rings (SSSR count). The first kappa shape index (κ1) is 14.0. The van der Waals surface area contributed by atoms with Crippen LogP contribution >= 0.6 is 0 Å². The molecule has 2 aliphatic rings. The maximum atomic E-state index is 12.8. The zero-order valence-corrected chi connectivity index (χ0v) is 13.1. The van der Waals surface area contributed by atoms with Gasteiger partial charge >= 0.3 is 0 Å². The van der Waals surface area contributed by atoms with E-state index in [9.17, 15) is 8.42 Å². The van der Waals surface area contributed by atoms with E-state index in [1.807, 2.05) is 20.9 Å². The molecule has 0 aliphatic carbocycles. The zero-order chi connectivity index (χ0) is 14.5. The van der Waals surface area contributed by atoms with E-state index in [1.165, 1.54) is 6.42 Å². The highest BCUT2D eigenvalue weighted by molar-refractivity contribution is 7.89. The molecule has 0 amide bonds. The van der Waals surface area contributed by atoms with E-state index in [0.717, 1.165) is 25.3 Å². The highest BCUT2D eigenvalue weighted by Crippen LogP contribution is 2.28. The Kier molecular flexibility index (Phi) is 3.38. The third-order valence-corrected chi connectivity index (χ3v) is 6.39. The third kappa shape index (κ3) is 2.17. The molecule has 2 atom stereocenters. The number of hydrogen-bond donors (Lipinski definition) is 0. The second-order valence-corrected chi connectivity index (χ2v) is 7.79. The molecule has 20 heavy (non-hydrogen) atoms. The van der Waals surface area contributed by atoms with Crippen LogP contribution in [-0.4, -0.2) is 58.9 Å². The summed E-state index contributed by atoms with van der Waals surface area (Å²) in [6.45, 7) is 6.33. The molecule has 0 spiro atoms. The smallest absolute Gasteiger partial charge is 0.262 e. The molecule has 3 heterocycles. The van der Waals surface area contributed by atoms with Crippen molar-refractivity contribution in [3.8, 4) is 0 Å². The number of imidazole rings is 1. The van der Waals surface area contributed by atoms with E-state index >= 15 is 0 Å². The largest absolute Gasteiger partial charge is 0.337 e. The Bertz CT molecular complexity index is 590. The standard InChI is InChI=1S/C13H22N4O2S/c1-10-7-16-6-4-5-12(16)8-17(10)20(18,19)13-9-15(3)11(2)14-13/h9-10,12H,4-8H2,1-3H3/t10-,12+/m1/s1. The number of sulfonamides is 1. The summed E-state index contributed by atoms with van der Waals surface area (Å²) < 4.78 is 29.0. The molecular formula is C13H22N4O2S. The maximum Gasteiger partial charge on any atom is 0.262 e. The Morgan fingerprint density at radius 2 is 2.10 bits per heavy atom. The summed E-state index contributed by atoms with van der Waals surface area (Å²) in [6.07, 6.45) is 3.88. The van der Waals surface area contributed by atoms with Crippen LogP contribution in [0.3, 0.4) is 0 Å². The molecule has 2 aliphatic heterocycles. The van der Waals surface area contributed by atoms with Gasteiger partial charge in [-0.3, -0.25) is 4.90 Å². The molecule has 0 radical (unpaired) electrons. The van der Waals surface area contributed by atoms with Crippen LogP contribution < -0.4 is 0 Å². The molecule has 0 aromatic carbocycles. The van der Waals surface area contributed by atoms with Gasteiger partial charge in [0.1, 0.15) is 5.82 Å². The number of rotatable bonds is 2. The number of nitrogens with zero attached hydrogens (tertiary/aromatic N) is 4.